The molecule has 2 aromatic heterocycles. The third-order valence-corrected chi connectivity index (χ3v) is 5.15. The number of amides is 1. The fourth-order valence-electron chi connectivity index (χ4n) is 2.75. The third kappa shape index (κ3) is 4.75. The van der Waals surface area contributed by atoms with Gasteiger partial charge in [0.05, 0.1) is 0 Å². The number of nitrogens with one attached hydrogen (secondary N) is 1. The van der Waals surface area contributed by atoms with Crippen LogP contribution in [0.5, 0.6) is 5.75 Å². The van der Waals surface area contributed by atoms with E-state index in [1.54, 1.807) is 18.2 Å². The maximum Gasteiger partial charge on any atom is 0.387 e. The number of halogens is 2. The Hall–Kier alpha value is -3.66. The Morgan fingerprint density at radius 3 is 2.52 bits per heavy atom. The number of carbonyl (C=O) groups is 1. The lowest BCUT2D eigenvalue weighted by atomic mass is 10.0. The highest BCUT2D eigenvalue weighted by Crippen LogP contribution is 2.26. The molecule has 0 unspecified atom stereocenters. The van der Waals surface area contributed by atoms with Crippen LogP contribution in [0, 0.1) is 13.8 Å². The van der Waals surface area contributed by atoms with Crippen molar-refractivity contribution < 1.29 is 22.8 Å². The van der Waals surface area contributed by atoms with Crippen molar-refractivity contribution in [3.63, 3.8) is 0 Å². The van der Waals surface area contributed by atoms with E-state index in [4.69, 9.17) is 4.52 Å². The van der Waals surface area contributed by atoms with Gasteiger partial charge in [0.25, 0.3) is 5.91 Å². The van der Waals surface area contributed by atoms with Gasteiger partial charge in [0.2, 0.25) is 5.13 Å². The first-order valence-electron chi connectivity index (χ1n) is 9.13. The predicted molar refractivity (Wildman–Crippen MR) is 111 cm³/mol. The summed E-state index contributed by atoms with van der Waals surface area (Å²) in [5, 5.41) is 6.73. The topological polar surface area (TPSA) is 90.1 Å². The van der Waals surface area contributed by atoms with Gasteiger partial charge in [-0.15, -0.1) is 0 Å². The van der Waals surface area contributed by atoms with Crippen LogP contribution in [0.15, 0.2) is 53.1 Å². The van der Waals surface area contributed by atoms with Crippen molar-refractivity contribution in [3.8, 4) is 28.5 Å². The van der Waals surface area contributed by atoms with Crippen LogP contribution in [-0.2, 0) is 0 Å². The number of hydrogen-bond acceptors (Lipinski definition) is 7. The van der Waals surface area contributed by atoms with Crippen molar-refractivity contribution in [1.29, 1.82) is 0 Å². The number of aromatic nitrogens is 3. The molecule has 10 heteroatoms. The molecule has 4 aromatic rings. The number of rotatable bonds is 6. The van der Waals surface area contributed by atoms with Crippen LogP contribution in [0.1, 0.15) is 21.6 Å². The van der Waals surface area contributed by atoms with Gasteiger partial charge in [-0.2, -0.15) is 18.1 Å². The molecular formula is C21H16F2N4O3S. The Kier molecular flexibility index (Phi) is 5.72. The number of benzene rings is 2. The van der Waals surface area contributed by atoms with Crippen LogP contribution in [0.3, 0.4) is 0 Å². The Labute approximate surface area is 179 Å². The summed E-state index contributed by atoms with van der Waals surface area (Å²) < 4.78 is 38.3. The molecule has 1 amide bonds. The molecule has 0 saturated carbocycles. The summed E-state index contributed by atoms with van der Waals surface area (Å²) >= 11 is 0.986. The Balaban J connectivity index is 1.44. The van der Waals surface area contributed by atoms with E-state index in [0.717, 1.165) is 28.2 Å². The molecule has 1 N–H and O–H groups in total. The van der Waals surface area contributed by atoms with Crippen LogP contribution in [0.25, 0.3) is 22.7 Å². The van der Waals surface area contributed by atoms with Gasteiger partial charge in [0, 0.05) is 28.7 Å². The second-order valence-electron chi connectivity index (χ2n) is 6.66. The number of ether oxygens (including phenoxy) is 1. The highest BCUT2D eigenvalue weighted by atomic mass is 32.1. The maximum atomic E-state index is 12.5. The van der Waals surface area contributed by atoms with Gasteiger partial charge in [0.1, 0.15) is 5.75 Å². The number of anilines is 1. The molecule has 2 aromatic carbocycles. The van der Waals surface area contributed by atoms with Crippen molar-refractivity contribution in [1.82, 2.24) is 14.5 Å². The molecule has 2 heterocycles. The van der Waals surface area contributed by atoms with Crippen molar-refractivity contribution in [3.05, 3.63) is 65.4 Å². The monoisotopic (exact) mass is 442 g/mol. The number of aryl methyl sites for hydroxylation is 2. The molecule has 4 rings (SSSR count). The molecule has 158 valence electrons. The second kappa shape index (κ2) is 8.60. The van der Waals surface area contributed by atoms with Gasteiger partial charge in [-0.3, -0.25) is 10.1 Å². The normalized spacial score (nSPS) is 11.0. The summed E-state index contributed by atoms with van der Waals surface area (Å²) in [5.74, 6) is 0.382. The number of nitrogens with zero attached hydrogens (tertiary/aromatic N) is 3. The highest BCUT2D eigenvalue weighted by Gasteiger charge is 2.17. The molecule has 0 saturated heterocycles. The van der Waals surface area contributed by atoms with Gasteiger partial charge in [-0.25, -0.2) is 0 Å². The summed E-state index contributed by atoms with van der Waals surface area (Å²) in [6.07, 6.45) is 0. The van der Waals surface area contributed by atoms with E-state index in [2.05, 4.69) is 24.6 Å². The average molecular weight is 442 g/mol. The van der Waals surface area contributed by atoms with E-state index in [1.807, 2.05) is 32.0 Å². The first kappa shape index (κ1) is 20.6. The lowest BCUT2D eigenvalue weighted by molar-refractivity contribution is -0.0498. The average Bonchev–Trinajstić information content (AvgIpc) is 3.40. The standard InChI is InChI=1S/C21H16F2N4O3S/c1-11-3-4-14(9-12(11)2)17-10-16(26-30-17)19(28)25-21-24-18(27-31-21)13-5-7-15(8-6-13)29-20(22)23/h3-10,20H,1-2H3,(H,24,25,27,28). The number of hydrogen-bond donors (Lipinski definition) is 1. The van der Waals surface area contributed by atoms with Gasteiger partial charge in [-0.05, 0) is 55.3 Å². The van der Waals surface area contributed by atoms with Gasteiger partial charge >= 0.3 is 6.61 Å². The SMILES string of the molecule is Cc1ccc(-c2cc(C(=O)Nc3nc(-c4ccc(OC(F)F)cc4)ns3)no2)cc1C. The molecule has 31 heavy (non-hydrogen) atoms. The molecule has 0 aliphatic carbocycles. The number of carbonyl (C=O) groups excluding carboxylic acids is 1. The first-order chi connectivity index (χ1) is 14.9. The maximum absolute atomic E-state index is 12.5. The Morgan fingerprint density at radius 2 is 1.81 bits per heavy atom. The Bertz CT molecular complexity index is 1220. The van der Waals surface area contributed by atoms with Crippen LogP contribution in [0.4, 0.5) is 13.9 Å². The second-order valence-corrected chi connectivity index (χ2v) is 7.41. The summed E-state index contributed by atoms with van der Waals surface area (Å²) in [6, 6.07) is 13.3. The van der Waals surface area contributed by atoms with Crippen LogP contribution in [0.2, 0.25) is 0 Å². The third-order valence-electron chi connectivity index (χ3n) is 4.52. The molecule has 0 atom stereocenters. The zero-order valence-electron chi connectivity index (χ0n) is 16.4. The van der Waals surface area contributed by atoms with Crippen LogP contribution in [-0.4, -0.2) is 27.0 Å². The van der Waals surface area contributed by atoms with Crippen molar-refractivity contribution in [2.45, 2.75) is 20.5 Å². The molecular weight excluding hydrogens is 426 g/mol. The fraction of sp³-hybridized carbons (Fsp3) is 0.143. The smallest absolute Gasteiger partial charge is 0.387 e. The highest BCUT2D eigenvalue weighted by molar-refractivity contribution is 7.10. The molecule has 0 spiro atoms. The van der Waals surface area contributed by atoms with Crippen LogP contribution >= 0.6 is 11.5 Å². The molecule has 0 aliphatic heterocycles. The fourth-order valence-corrected chi connectivity index (χ4v) is 3.34. The lowest BCUT2D eigenvalue weighted by Gasteiger charge is -2.03. The minimum atomic E-state index is -2.89. The predicted octanol–water partition coefficient (Wildman–Crippen LogP) is 5.33. The van der Waals surface area contributed by atoms with Gasteiger partial charge in [0.15, 0.2) is 17.3 Å². The van der Waals surface area contributed by atoms with Crippen LogP contribution < -0.4 is 10.1 Å². The van der Waals surface area contributed by atoms with Gasteiger partial charge < -0.3 is 9.26 Å². The lowest BCUT2D eigenvalue weighted by Crippen LogP contribution is -2.11. The van der Waals surface area contributed by atoms with Crippen molar-refractivity contribution in [2.75, 3.05) is 5.32 Å². The minimum absolute atomic E-state index is 0.0353. The minimum Gasteiger partial charge on any atom is -0.435 e. The molecule has 0 radical (unpaired) electrons. The largest absolute Gasteiger partial charge is 0.435 e. The number of alkyl halides is 2. The molecule has 0 bridgehead atoms. The van der Waals surface area contributed by atoms with E-state index in [0.29, 0.717) is 17.1 Å². The zero-order valence-corrected chi connectivity index (χ0v) is 17.2. The Morgan fingerprint density at radius 1 is 1.06 bits per heavy atom. The van der Waals surface area contributed by atoms with E-state index in [9.17, 15) is 13.6 Å². The zero-order chi connectivity index (χ0) is 22.0. The van der Waals surface area contributed by atoms with Gasteiger partial charge in [-0.1, -0.05) is 17.3 Å². The van der Waals surface area contributed by atoms with E-state index in [1.165, 1.54) is 12.1 Å². The molecule has 0 aliphatic rings. The van der Waals surface area contributed by atoms with Crippen molar-refractivity contribution >= 4 is 22.6 Å². The quantitative estimate of drug-likeness (QED) is 0.434. The summed E-state index contributed by atoms with van der Waals surface area (Å²) in [4.78, 5) is 16.7. The summed E-state index contributed by atoms with van der Waals surface area (Å²) in [6.45, 7) is 1.12. The summed E-state index contributed by atoms with van der Waals surface area (Å²) in [5.41, 5.74) is 3.79. The molecule has 7 nitrogen and oxygen atoms in total. The van der Waals surface area contributed by atoms with Crippen molar-refractivity contribution in [2.24, 2.45) is 0 Å². The molecule has 0 fully saturated rings. The van der Waals surface area contributed by atoms with E-state index >= 15 is 0 Å². The van der Waals surface area contributed by atoms with E-state index < -0.39 is 12.5 Å². The first-order valence-corrected chi connectivity index (χ1v) is 9.91. The van der Waals surface area contributed by atoms with E-state index in [-0.39, 0.29) is 16.6 Å². The summed E-state index contributed by atoms with van der Waals surface area (Å²) in [7, 11) is 0.